The summed E-state index contributed by atoms with van der Waals surface area (Å²) in [5, 5.41) is 8.90. The van der Waals surface area contributed by atoms with E-state index in [1.165, 1.54) is 17.0 Å². The fourth-order valence-corrected chi connectivity index (χ4v) is 2.58. The predicted molar refractivity (Wildman–Crippen MR) is 75.8 cm³/mol. The predicted octanol–water partition coefficient (Wildman–Crippen LogP) is 1.54. The number of carbonyl (C=O) groups is 1. The maximum Gasteiger partial charge on any atom is 0.407 e. The molecule has 1 aliphatic rings. The third-order valence-electron chi connectivity index (χ3n) is 3.80. The van der Waals surface area contributed by atoms with Crippen LogP contribution in [0.25, 0.3) is 11.0 Å². The molecule has 3 rings (SSSR count). The van der Waals surface area contributed by atoms with Crippen LogP contribution in [0.1, 0.15) is 5.82 Å². The van der Waals surface area contributed by atoms with Crippen LogP contribution in [-0.2, 0) is 6.42 Å². The molecule has 0 spiro atoms. The second-order valence-corrected chi connectivity index (χ2v) is 5.21. The highest BCUT2D eigenvalue weighted by Gasteiger charge is 2.20. The zero-order valence-corrected chi connectivity index (χ0v) is 11.5. The van der Waals surface area contributed by atoms with Crippen molar-refractivity contribution in [3.63, 3.8) is 0 Å². The lowest BCUT2D eigenvalue weighted by atomic mass is 10.3. The van der Waals surface area contributed by atoms with Crippen molar-refractivity contribution in [1.29, 1.82) is 0 Å². The summed E-state index contributed by atoms with van der Waals surface area (Å²) in [6.07, 6.45) is -0.113. The van der Waals surface area contributed by atoms with Crippen molar-refractivity contribution in [1.82, 2.24) is 19.8 Å². The van der Waals surface area contributed by atoms with Crippen LogP contribution in [0.5, 0.6) is 0 Å². The third-order valence-corrected chi connectivity index (χ3v) is 3.80. The number of piperazine rings is 1. The molecule has 1 saturated heterocycles. The van der Waals surface area contributed by atoms with Crippen LogP contribution in [0.4, 0.5) is 9.18 Å². The van der Waals surface area contributed by atoms with Crippen molar-refractivity contribution < 1.29 is 14.3 Å². The summed E-state index contributed by atoms with van der Waals surface area (Å²) >= 11 is 0. The van der Waals surface area contributed by atoms with Gasteiger partial charge < -0.3 is 15.0 Å². The molecule has 21 heavy (non-hydrogen) atoms. The van der Waals surface area contributed by atoms with Gasteiger partial charge in [0.15, 0.2) is 0 Å². The van der Waals surface area contributed by atoms with E-state index >= 15 is 0 Å². The summed E-state index contributed by atoms with van der Waals surface area (Å²) in [6.45, 7) is 3.37. The number of rotatable bonds is 3. The number of fused-ring (bicyclic) bond motifs is 1. The van der Waals surface area contributed by atoms with Gasteiger partial charge in [-0.2, -0.15) is 0 Å². The summed E-state index contributed by atoms with van der Waals surface area (Å²) in [4.78, 5) is 22.0. The van der Waals surface area contributed by atoms with Crippen molar-refractivity contribution in [3.8, 4) is 0 Å². The van der Waals surface area contributed by atoms with Crippen LogP contribution in [0, 0.1) is 5.82 Å². The Kier molecular flexibility index (Phi) is 3.74. The smallest absolute Gasteiger partial charge is 0.407 e. The number of imidazole rings is 1. The molecule has 2 aromatic rings. The number of H-pyrrole nitrogens is 1. The molecule has 0 saturated carbocycles. The van der Waals surface area contributed by atoms with Crippen LogP contribution >= 0.6 is 0 Å². The minimum absolute atomic E-state index is 0.275. The molecular formula is C14H17FN4O2. The highest BCUT2D eigenvalue weighted by Crippen LogP contribution is 2.13. The summed E-state index contributed by atoms with van der Waals surface area (Å²) in [7, 11) is 0. The average Bonchev–Trinajstić information content (AvgIpc) is 2.87. The van der Waals surface area contributed by atoms with Crippen molar-refractivity contribution in [2.24, 2.45) is 0 Å². The lowest BCUT2D eigenvalue weighted by Gasteiger charge is -2.32. The van der Waals surface area contributed by atoms with Crippen LogP contribution in [0.2, 0.25) is 0 Å². The van der Waals surface area contributed by atoms with Crippen molar-refractivity contribution >= 4 is 17.1 Å². The molecule has 1 amide bonds. The molecule has 6 nitrogen and oxygen atoms in total. The number of aromatic amines is 1. The quantitative estimate of drug-likeness (QED) is 0.900. The zero-order valence-electron chi connectivity index (χ0n) is 11.5. The van der Waals surface area contributed by atoms with E-state index in [2.05, 4.69) is 14.9 Å². The van der Waals surface area contributed by atoms with Gasteiger partial charge in [0, 0.05) is 39.1 Å². The topological polar surface area (TPSA) is 72.5 Å². The largest absolute Gasteiger partial charge is 0.465 e. The molecule has 0 bridgehead atoms. The van der Waals surface area contributed by atoms with E-state index < -0.39 is 6.09 Å². The first kappa shape index (κ1) is 13.8. The van der Waals surface area contributed by atoms with Crippen LogP contribution in [0.3, 0.4) is 0 Å². The third kappa shape index (κ3) is 3.13. The fourth-order valence-electron chi connectivity index (χ4n) is 2.58. The molecule has 0 atom stereocenters. The van der Waals surface area contributed by atoms with E-state index in [0.29, 0.717) is 18.6 Å². The second kappa shape index (κ2) is 5.69. The Morgan fingerprint density at radius 2 is 2.10 bits per heavy atom. The Labute approximate surface area is 121 Å². The van der Waals surface area contributed by atoms with Gasteiger partial charge in [-0.15, -0.1) is 0 Å². The Balaban J connectivity index is 1.56. The first-order valence-corrected chi connectivity index (χ1v) is 6.96. The number of halogens is 1. The highest BCUT2D eigenvalue weighted by atomic mass is 19.1. The van der Waals surface area contributed by atoms with Crippen LogP contribution < -0.4 is 0 Å². The first-order valence-electron chi connectivity index (χ1n) is 6.96. The number of nitrogens with one attached hydrogen (secondary N) is 1. The molecule has 1 aromatic heterocycles. The van der Waals surface area contributed by atoms with Crippen LogP contribution in [0.15, 0.2) is 18.2 Å². The molecule has 0 radical (unpaired) electrons. The average molecular weight is 292 g/mol. The second-order valence-electron chi connectivity index (χ2n) is 5.21. The molecular weight excluding hydrogens is 275 g/mol. The van der Waals surface area contributed by atoms with E-state index in [9.17, 15) is 9.18 Å². The molecule has 0 unspecified atom stereocenters. The first-order chi connectivity index (χ1) is 10.1. The molecule has 1 aliphatic heterocycles. The van der Waals surface area contributed by atoms with Gasteiger partial charge in [-0.1, -0.05) is 0 Å². The molecule has 1 fully saturated rings. The Bertz CT molecular complexity index is 649. The summed E-state index contributed by atoms with van der Waals surface area (Å²) in [5.74, 6) is 0.554. The Hall–Kier alpha value is -2.15. The van der Waals surface area contributed by atoms with Gasteiger partial charge in [0.05, 0.1) is 11.0 Å². The highest BCUT2D eigenvalue weighted by molar-refractivity contribution is 5.74. The molecule has 112 valence electrons. The molecule has 7 heteroatoms. The van der Waals surface area contributed by atoms with Gasteiger partial charge in [-0.3, -0.25) is 4.90 Å². The lowest BCUT2D eigenvalue weighted by molar-refractivity contribution is 0.106. The van der Waals surface area contributed by atoms with Gasteiger partial charge in [-0.05, 0) is 18.2 Å². The van der Waals surface area contributed by atoms with Crippen molar-refractivity contribution in [2.45, 2.75) is 6.42 Å². The summed E-state index contributed by atoms with van der Waals surface area (Å²) in [6, 6.07) is 4.51. The number of carboxylic acid groups (broad SMARTS) is 1. The molecule has 2 heterocycles. The van der Waals surface area contributed by atoms with Gasteiger partial charge in [0.25, 0.3) is 0 Å². The summed E-state index contributed by atoms with van der Waals surface area (Å²) < 4.78 is 13.1. The zero-order chi connectivity index (χ0) is 14.8. The SMILES string of the molecule is O=C(O)N1CCN(CCc2nc3ccc(F)cc3[nH]2)CC1. The van der Waals surface area contributed by atoms with Crippen molar-refractivity contribution in [2.75, 3.05) is 32.7 Å². The number of hydrogen-bond donors (Lipinski definition) is 2. The molecule has 2 N–H and O–H groups in total. The van der Waals surface area contributed by atoms with Gasteiger partial charge in [0.2, 0.25) is 0 Å². The number of benzene rings is 1. The standard InChI is InChI=1S/C14H17FN4O2/c15-10-1-2-11-12(9-10)17-13(16-11)3-4-18-5-7-19(8-6-18)14(20)21/h1-2,9H,3-8H2,(H,16,17)(H,20,21). The monoisotopic (exact) mass is 292 g/mol. The van der Waals surface area contributed by atoms with Crippen LogP contribution in [-0.4, -0.2) is 63.7 Å². The number of hydrogen-bond acceptors (Lipinski definition) is 3. The lowest BCUT2D eigenvalue weighted by Crippen LogP contribution is -2.48. The Morgan fingerprint density at radius 3 is 2.81 bits per heavy atom. The van der Waals surface area contributed by atoms with E-state index in [0.717, 1.165) is 37.4 Å². The number of amides is 1. The molecule has 0 aliphatic carbocycles. The molecule has 1 aromatic carbocycles. The number of aromatic nitrogens is 2. The minimum Gasteiger partial charge on any atom is -0.465 e. The fraction of sp³-hybridized carbons (Fsp3) is 0.429. The number of nitrogens with zero attached hydrogens (tertiary/aromatic N) is 3. The van der Waals surface area contributed by atoms with Gasteiger partial charge in [-0.25, -0.2) is 14.2 Å². The van der Waals surface area contributed by atoms with E-state index in [4.69, 9.17) is 5.11 Å². The summed E-state index contributed by atoms with van der Waals surface area (Å²) in [5.41, 5.74) is 1.47. The normalized spacial score (nSPS) is 16.5. The maximum atomic E-state index is 13.1. The van der Waals surface area contributed by atoms with E-state index in [1.54, 1.807) is 6.07 Å². The van der Waals surface area contributed by atoms with E-state index in [-0.39, 0.29) is 5.82 Å². The Morgan fingerprint density at radius 1 is 1.33 bits per heavy atom. The minimum atomic E-state index is -0.853. The maximum absolute atomic E-state index is 13.1. The van der Waals surface area contributed by atoms with E-state index in [1.807, 2.05) is 0 Å². The van der Waals surface area contributed by atoms with Crippen molar-refractivity contribution in [3.05, 3.63) is 29.8 Å². The van der Waals surface area contributed by atoms with Gasteiger partial charge >= 0.3 is 6.09 Å². The van der Waals surface area contributed by atoms with Gasteiger partial charge in [0.1, 0.15) is 11.6 Å².